The number of guanidine groups is 1. The number of para-hydroxylation sites is 1. The maximum Gasteiger partial charge on any atom is 0.191 e. The average Bonchev–Trinajstić information content (AvgIpc) is 3.14. The fraction of sp³-hybridized carbons (Fsp3) is 0.304. The van der Waals surface area contributed by atoms with Crippen LogP contribution in [0.5, 0.6) is 5.75 Å². The minimum atomic E-state index is 0.694. The lowest BCUT2D eigenvalue weighted by Gasteiger charge is -2.12. The minimum absolute atomic E-state index is 0.694. The zero-order valence-electron chi connectivity index (χ0n) is 17.4. The lowest BCUT2D eigenvalue weighted by Crippen LogP contribution is -2.37. The average molecular weight is 392 g/mol. The molecule has 3 rings (SSSR count). The summed E-state index contributed by atoms with van der Waals surface area (Å²) in [7, 11) is 3.47. The number of nitrogens with zero attached hydrogens (tertiary/aromatic N) is 3. The van der Waals surface area contributed by atoms with Gasteiger partial charge in [-0.15, -0.1) is 0 Å². The number of aromatic nitrogens is 2. The highest BCUT2D eigenvalue weighted by Crippen LogP contribution is 2.13. The Hall–Kier alpha value is -3.28. The van der Waals surface area contributed by atoms with E-state index < -0.39 is 0 Å². The van der Waals surface area contributed by atoms with Crippen LogP contribution in [0.4, 0.5) is 0 Å². The Morgan fingerprint density at radius 3 is 2.69 bits per heavy atom. The zero-order valence-corrected chi connectivity index (χ0v) is 17.4. The Morgan fingerprint density at radius 2 is 1.93 bits per heavy atom. The molecule has 0 saturated carbocycles. The lowest BCUT2D eigenvalue weighted by atomic mass is 10.1. The van der Waals surface area contributed by atoms with Crippen molar-refractivity contribution in [3.05, 3.63) is 77.6 Å². The molecule has 0 aliphatic heterocycles. The normalized spacial score (nSPS) is 11.3. The van der Waals surface area contributed by atoms with Gasteiger partial charge < -0.3 is 15.4 Å². The molecule has 6 heteroatoms. The van der Waals surface area contributed by atoms with E-state index in [0.717, 1.165) is 48.0 Å². The zero-order chi connectivity index (χ0) is 20.5. The maximum atomic E-state index is 5.27. The molecule has 0 atom stereocenters. The first-order chi connectivity index (χ1) is 14.2. The summed E-state index contributed by atoms with van der Waals surface area (Å²) in [5, 5.41) is 11.4. The van der Waals surface area contributed by atoms with E-state index in [-0.39, 0.29) is 0 Å². The topological polar surface area (TPSA) is 63.5 Å². The molecule has 152 valence electrons. The van der Waals surface area contributed by atoms with Crippen LogP contribution in [-0.2, 0) is 13.0 Å². The van der Waals surface area contributed by atoms with Crippen molar-refractivity contribution in [3.63, 3.8) is 0 Å². The van der Waals surface area contributed by atoms with Gasteiger partial charge >= 0.3 is 0 Å². The molecule has 1 aromatic heterocycles. The number of nitrogens with one attached hydrogen (secondary N) is 2. The number of ether oxygens (including phenoxy) is 1. The lowest BCUT2D eigenvalue weighted by molar-refractivity contribution is 0.414. The van der Waals surface area contributed by atoms with Gasteiger partial charge in [0.2, 0.25) is 0 Å². The van der Waals surface area contributed by atoms with Gasteiger partial charge in [0.15, 0.2) is 5.96 Å². The molecule has 0 bridgehead atoms. The Balaban J connectivity index is 1.45. The maximum absolute atomic E-state index is 5.27. The SMILES string of the molecule is CN=C(NCCCc1cn(-c2ccccc2)nc1C)NCc1cccc(OC)c1. The monoisotopic (exact) mass is 391 g/mol. The molecule has 2 aromatic carbocycles. The second-order valence-corrected chi connectivity index (χ2v) is 6.83. The highest BCUT2D eigenvalue weighted by molar-refractivity contribution is 5.79. The smallest absolute Gasteiger partial charge is 0.191 e. The van der Waals surface area contributed by atoms with Crippen molar-refractivity contribution in [1.29, 1.82) is 0 Å². The Bertz CT molecular complexity index is 933. The van der Waals surface area contributed by atoms with E-state index >= 15 is 0 Å². The van der Waals surface area contributed by atoms with Crippen molar-refractivity contribution in [2.45, 2.75) is 26.3 Å². The number of aliphatic imine (C=N–C) groups is 1. The van der Waals surface area contributed by atoms with E-state index in [0.29, 0.717) is 6.54 Å². The quantitative estimate of drug-likeness (QED) is 0.351. The van der Waals surface area contributed by atoms with Crippen LogP contribution in [0.3, 0.4) is 0 Å². The first kappa shape index (κ1) is 20.5. The first-order valence-electron chi connectivity index (χ1n) is 9.87. The predicted octanol–water partition coefficient (Wildman–Crippen LogP) is 3.49. The molecule has 0 saturated heterocycles. The van der Waals surface area contributed by atoms with E-state index in [2.05, 4.69) is 52.0 Å². The third-order valence-electron chi connectivity index (χ3n) is 4.75. The van der Waals surface area contributed by atoms with Gasteiger partial charge in [0, 0.05) is 26.3 Å². The van der Waals surface area contributed by atoms with Crippen molar-refractivity contribution in [2.24, 2.45) is 4.99 Å². The molecule has 2 N–H and O–H groups in total. The molecule has 1 heterocycles. The van der Waals surface area contributed by atoms with Crippen molar-refractivity contribution in [1.82, 2.24) is 20.4 Å². The molecule has 6 nitrogen and oxygen atoms in total. The molecule has 0 aliphatic carbocycles. The van der Waals surface area contributed by atoms with E-state index in [1.807, 2.05) is 41.1 Å². The molecule has 0 spiro atoms. The van der Waals surface area contributed by atoms with E-state index in [9.17, 15) is 0 Å². The van der Waals surface area contributed by atoms with Crippen molar-refractivity contribution in [2.75, 3.05) is 20.7 Å². The van der Waals surface area contributed by atoms with Crippen LogP contribution in [0.15, 0.2) is 65.8 Å². The minimum Gasteiger partial charge on any atom is -0.497 e. The summed E-state index contributed by atoms with van der Waals surface area (Å²) in [6.07, 6.45) is 4.10. The van der Waals surface area contributed by atoms with Crippen LogP contribution in [-0.4, -0.2) is 36.4 Å². The van der Waals surface area contributed by atoms with Gasteiger partial charge in [-0.1, -0.05) is 30.3 Å². The number of rotatable bonds is 8. The number of hydrogen-bond donors (Lipinski definition) is 2. The van der Waals surface area contributed by atoms with E-state index in [4.69, 9.17) is 4.74 Å². The number of methoxy groups -OCH3 is 1. The van der Waals surface area contributed by atoms with Crippen molar-refractivity contribution >= 4 is 5.96 Å². The van der Waals surface area contributed by atoms with Crippen LogP contribution >= 0.6 is 0 Å². The summed E-state index contributed by atoms with van der Waals surface area (Å²) < 4.78 is 7.22. The molecule has 3 aromatic rings. The Morgan fingerprint density at radius 1 is 1.10 bits per heavy atom. The molecular formula is C23H29N5O. The van der Waals surface area contributed by atoms with E-state index in [1.54, 1.807) is 14.2 Å². The highest BCUT2D eigenvalue weighted by Gasteiger charge is 2.06. The van der Waals surface area contributed by atoms with Crippen LogP contribution in [0.2, 0.25) is 0 Å². The van der Waals surface area contributed by atoms with Crippen molar-refractivity contribution in [3.8, 4) is 11.4 Å². The van der Waals surface area contributed by atoms with E-state index in [1.165, 1.54) is 5.56 Å². The van der Waals surface area contributed by atoms with Gasteiger partial charge in [0.1, 0.15) is 5.75 Å². The van der Waals surface area contributed by atoms with Crippen LogP contribution in [0.1, 0.15) is 23.2 Å². The third-order valence-corrected chi connectivity index (χ3v) is 4.75. The summed E-state index contributed by atoms with van der Waals surface area (Å²) >= 11 is 0. The summed E-state index contributed by atoms with van der Waals surface area (Å²) in [5.74, 6) is 1.66. The summed E-state index contributed by atoms with van der Waals surface area (Å²) in [4.78, 5) is 4.30. The molecular weight excluding hydrogens is 362 g/mol. The fourth-order valence-corrected chi connectivity index (χ4v) is 3.13. The molecule has 0 radical (unpaired) electrons. The molecule has 0 fully saturated rings. The van der Waals surface area contributed by atoms with Gasteiger partial charge in [-0.25, -0.2) is 4.68 Å². The highest BCUT2D eigenvalue weighted by atomic mass is 16.5. The number of benzene rings is 2. The Labute approximate surface area is 172 Å². The number of aryl methyl sites for hydroxylation is 2. The first-order valence-corrected chi connectivity index (χ1v) is 9.87. The fourth-order valence-electron chi connectivity index (χ4n) is 3.13. The predicted molar refractivity (Wildman–Crippen MR) is 118 cm³/mol. The Kier molecular flexibility index (Phi) is 7.28. The van der Waals surface area contributed by atoms with Gasteiger partial charge in [0.05, 0.1) is 18.5 Å². The van der Waals surface area contributed by atoms with Crippen LogP contribution < -0.4 is 15.4 Å². The number of hydrogen-bond acceptors (Lipinski definition) is 3. The molecule has 29 heavy (non-hydrogen) atoms. The van der Waals surface area contributed by atoms with Gasteiger partial charge in [-0.2, -0.15) is 5.10 Å². The van der Waals surface area contributed by atoms with Crippen LogP contribution in [0, 0.1) is 6.92 Å². The van der Waals surface area contributed by atoms with Crippen LogP contribution in [0.25, 0.3) is 5.69 Å². The van der Waals surface area contributed by atoms with Gasteiger partial charge in [-0.05, 0) is 55.2 Å². The molecule has 0 amide bonds. The van der Waals surface area contributed by atoms with Gasteiger partial charge in [0.25, 0.3) is 0 Å². The second-order valence-electron chi connectivity index (χ2n) is 6.83. The second kappa shape index (κ2) is 10.3. The summed E-state index contributed by atoms with van der Waals surface area (Å²) in [6, 6.07) is 18.2. The van der Waals surface area contributed by atoms with Gasteiger partial charge in [-0.3, -0.25) is 4.99 Å². The van der Waals surface area contributed by atoms with Crippen molar-refractivity contribution < 1.29 is 4.74 Å². The molecule has 0 aliphatic rings. The summed E-state index contributed by atoms with van der Waals surface area (Å²) in [6.45, 7) is 3.60. The standard InChI is InChI=1S/C23H29N5O/c1-18-20(17-28(27-18)21-11-5-4-6-12-21)10-8-14-25-23(24-2)26-16-19-9-7-13-22(15-19)29-3/h4-7,9,11-13,15,17H,8,10,14,16H2,1-3H3,(H2,24,25,26). The summed E-state index contributed by atoms with van der Waals surface area (Å²) in [5.41, 5.74) is 4.59. The third kappa shape index (κ3) is 5.85. The molecule has 0 unspecified atom stereocenters. The largest absolute Gasteiger partial charge is 0.497 e.